The molecule has 3 saturated heterocycles. The molecular formula is C24H30N4O. The molecule has 0 saturated carbocycles. The summed E-state index contributed by atoms with van der Waals surface area (Å²) in [6, 6.07) is 15.9. The van der Waals surface area contributed by atoms with Crippen LogP contribution in [0.2, 0.25) is 0 Å². The van der Waals surface area contributed by atoms with Crippen LogP contribution in [0.1, 0.15) is 34.8 Å². The Kier molecular flexibility index (Phi) is 5.10. The van der Waals surface area contributed by atoms with Gasteiger partial charge in [0, 0.05) is 57.2 Å². The van der Waals surface area contributed by atoms with E-state index in [-0.39, 0.29) is 5.91 Å². The highest BCUT2D eigenvalue weighted by Gasteiger charge is 2.47. The standard InChI is InChI=1S/C24H30N4O/c1-26-15-20-16-28(17-22(20)23(26)18-6-3-2-4-7-18)21-9-12-27(13-10-21)24(29)19-8-5-11-25-14-19/h2-8,11,14,20-23H,9-10,12-13,15-17H2,1H3/t20-,22+,23-/m0/s1. The molecule has 5 rings (SSSR count). The number of rotatable bonds is 3. The van der Waals surface area contributed by atoms with Gasteiger partial charge in [-0.2, -0.15) is 0 Å². The van der Waals surface area contributed by atoms with Crippen molar-refractivity contribution in [3.05, 3.63) is 66.0 Å². The van der Waals surface area contributed by atoms with E-state index in [1.807, 2.05) is 17.0 Å². The van der Waals surface area contributed by atoms with Gasteiger partial charge < -0.3 is 4.90 Å². The second-order valence-electron chi connectivity index (χ2n) is 8.94. The summed E-state index contributed by atoms with van der Waals surface area (Å²) in [5.41, 5.74) is 2.16. The fourth-order valence-electron chi connectivity index (χ4n) is 5.85. The van der Waals surface area contributed by atoms with E-state index in [1.54, 1.807) is 12.4 Å². The third-order valence-corrected chi connectivity index (χ3v) is 7.24. The first kappa shape index (κ1) is 18.8. The van der Waals surface area contributed by atoms with E-state index in [0.717, 1.165) is 37.8 Å². The lowest BCUT2D eigenvalue weighted by molar-refractivity contribution is 0.0628. The number of hydrogen-bond acceptors (Lipinski definition) is 4. The second-order valence-corrected chi connectivity index (χ2v) is 8.94. The van der Waals surface area contributed by atoms with E-state index in [2.05, 4.69) is 52.2 Å². The number of carbonyl (C=O) groups is 1. The molecule has 3 aliphatic rings. The minimum atomic E-state index is 0.126. The van der Waals surface area contributed by atoms with Crippen molar-refractivity contribution in [2.75, 3.05) is 39.8 Å². The number of benzene rings is 1. The van der Waals surface area contributed by atoms with Crippen LogP contribution in [0.3, 0.4) is 0 Å². The van der Waals surface area contributed by atoms with Crippen molar-refractivity contribution >= 4 is 5.91 Å². The third-order valence-electron chi connectivity index (χ3n) is 7.24. The van der Waals surface area contributed by atoms with Gasteiger partial charge in [-0.3, -0.25) is 19.6 Å². The van der Waals surface area contributed by atoms with Crippen LogP contribution in [0.5, 0.6) is 0 Å². The van der Waals surface area contributed by atoms with Crippen LogP contribution in [0.15, 0.2) is 54.9 Å². The van der Waals surface area contributed by atoms with Gasteiger partial charge in [0.05, 0.1) is 5.56 Å². The molecule has 1 aromatic carbocycles. The van der Waals surface area contributed by atoms with Crippen LogP contribution in [0, 0.1) is 11.8 Å². The molecule has 0 unspecified atom stereocenters. The number of aromatic nitrogens is 1. The van der Waals surface area contributed by atoms with Crippen molar-refractivity contribution in [2.45, 2.75) is 24.9 Å². The van der Waals surface area contributed by atoms with Gasteiger partial charge >= 0.3 is 0 Å². The summed E-state index contributed by atoms with van der Waals surface area (Å²) in [6.45, 7) is 5.30. The number of hydrogen-bond donors (Lipinski definition) is 0. The summed E-state index contributed by atoms with van der Waals surface area (Å²) in [7, 11) is 2.28. The summed E-state index contributed by atoms with van der Waals surface area (Å²) in [6.07, 6.45) is 5.55. The topological polar surface area (TPSA) is 39.7 Å². The molecule has 3 aliphatic heterocycles. The van der Waals surface area contributed by atoms with E-state index >= 15 is 0 Å². The van der Waals surface area contributed by atoms with Gasteiger partial charge in [0.15, 0.2) is 0 Å². The normalized spacial score (nSPS) is 28.6. The highest BCUT2D eigenvalue weighted by atomic mass is 16.2. The molecule has 1 amide bonds. The maximum absolute atomic E-state index is 12.7. The highest BCUT2D eigenvalue weighted by molar-refractivity contribution is 5.93. The predicted molar refractivity (Wildman–Crippen MR) is 114 cm³/mol. The van der Waals surface area contributed by atoms with Gasteiger partial charge in [-0.05, 0) is 49.4 Å². The molecule has 0 spiro atoms. The Bertz CT molecular complexity index is 834. The summed E-state index contributed by atoms with van der Waals surface area (Å²) >= 11 is 0. The van der Waals surface area contributed by atoms with Gasteiger partial charge in [-0.1, -0.05) is 30.3 Å². The summed E-state index contributed by atoms with van der Waals surface area (Å²) in [5.74, 6) is 1.61. The molecule has 0 N–H and O–H groups in total. The molecule has 0 bridgehead atoms. The van der Waals surface area contributed by atoms with Crippen LogP contribution in [-0.4, -0.2) is 71.4 Å². The Morgan fingerprint density at radius 1 is 1.00 bits per heavy atom. The smallest absolute Gasteiger partial charge is 0.255 e. The average molecular weight is 391 g/mol. The third kappa shape index (κ3) is 3.58. The summed E-state index contributed by atoms with van der Waals surface area (Å²) in [5, 5.41) is 0. The van der Waals surface area contributed by atoms with Gasteiger partial charge in [-0.15, -0.1) is 0 Å². The van der Waals surface area contributed by atoms with E-state index in [9.17, 15) is 4.79 Å². The van der Waals surface area contributed by atoms with Crippen LogP contribution >= 0.6 is 0 Å². The zero-order valence-corrected chi connectivity index (χ0v) is 17.2. The van der Waals surface area contributed by atoms with E-state index in [4.69, 9.17) is 0 Å². The molecule has 152 valence electrons. The van der Waals surface area contributed by atoms with Crippen LogP contribution in [0.4, 0.5) is 0 Å². The van der Waals surface area contributed by atoms with Crippen molar-refractivity contribution in [1.29, 1.82) is 0 Å². The molecule has 4 heterocycles. The Morgan fingerprint density at radius 3 is 2.52 bits per heavy atom. The van der Waals surface area contributed by atoms with E-state index in [1.165, 1.54) is 25.2 Å². The number of fused-ring (bicyclic) bond motifs is 1. The Morgan fingerprint density at radius 2 is 1.79 bits per heavy atom. The van der Waals surface area contributed by atoms with Crippen molar-refractivity contribution < 1.29 is 4.79 Å². The maximum atomic E-state index is 12.7. The Labute approximate surface area is 173 Å². The largest absolute Gasteiger partial charge is 0.338 e. The van der Waals surface area contributed by atoms with E-state index < -0.39 is 0 Å². The molecule has 2 aromatic rings. The average Bonchev–Trinajstić information content (AvgIpc) is 3.31. The molecule has 3 atom stereocenters. The van der Waals surface area contributed by atoms with Gasteiger partial charge in [0.1, 0.15) is 0 Å². The van der Waals surface area contributed by atoms with Gasteiger partial charge in [0.25, 0.3) is 5.91 Å². The Balaban J connectivity index is 1.21. The first-order valence-electron chi connectivity index (χ1n) is 10.9. The minimum Gasteiger partial charge on any atom is -0.338 e. The van der Waals surface area contributed by atoms with Crippen molar-refractivity contribution in [3.8, 4) is 0 Å². The van der Waals surface area contributed by atoms with Crippen molar-refractivity contribution in [1.82, 2.24) is 19.7 Å². The number of amides is 1. The first-order valence-corrected chi connectivity index (χ1v) is 10.9. The van der Waals surface area contributed by atoms with Crippen LogP contribution < -0.4 is 0 Å². The number of carbonyl (C=O) groups excluding carboxylic acids is 1. The fraction of sp³-hybridized carbons (Fsp3) is 0.500. The predicted octanol–water partition coefficient (Wildman–Crippen LogP) is 2.92. The summed E-state index contributed by atoms with van der Waals surface area (Å²) in [4.78, 5) is 24.1. The molecule has 5 nitrogen and oxygen atoms in total. The van der Waals surface area contributed by atoms with Gasteiger partial charge in [-0.25, -0.2) is 0 Å². The monoisotopic (exact) mass is 390 g/mol. The van der Waals surface area contributed by atoms with Crippen LogP contribution in [-0.2, 0) is 0 Å². The quantitative estimate of drug-likeness (QED) is 0.808. The van der Waals surface area contributed by atoms with Crippen molar-refractivity contribution in [3.63, 3.8) is 0 Å². The molecule has 5 heteroatoms. The first-order chi connectivity index (χ1) is 14.2. The zero-order chi connectivity index (χ0) is 19.8. The lowest BCUT2D eigenvalue weighted by Crippen LogP contribution is -2.46. The van der Waals surface area contributed by atoms with Gasteiger partial charge in [0.2, 0.25) is 0 Å². The lowest BCUT2D eigenvalue weighted by Gasteiger charge is -2.37. The number of pyridine rings is 1. The SMILES string of the molecule is CN1C[C@H]2CN(C3CCN(C(=O)c4cccnc4)CC3)C[C@H]2[C@@H]1c1ccccc1. The summed E-state index contributed by atoms with van der Waals surface area (Å²) < 4.78 is 0. The molecule has 1 aromatic heterocycles. The molecular weight excluding hydrogens is 360 g/mol. The fourth-order valence-corrected chi connectivity index (χ4v) is 5.85. The Hall–Kier alpha value is -2.24. The molecule has 0 aliphatic carbocycles. The zero-order valence-electron chi connectivity index (χ0n) is 17.2. The van der Waals surface area contributed by atoms with Crippen LogP contribution in [0.25, 0.3) is 0 Å². The minimum absolute atomic E-state index is 0.126. The lowest BCUT2D eigenvalue weighted by atomic mass is 9.90. The van der Waals surface area contributed by atoms with E-state index in [0.29, 0.717) is 17.6 Å². The van der Waals surface area contributed by atoms with Crippen molar-refractivity contribution in [2.24, 2.45) is 11.8 Å². The molecule has 0 radical (unpaired) electrons. The maximum Gasteiger partial charge on any atom is 0.255 e. The number of piperidine rings is 1. The highest BCUT2D eigenvalue weighted by Crippen LogP contribution is 2.45. The second kappa shape index (κ2) is 7.88. The number of nitrogens with zero attached hydrogens (tertiary/aromatic N) is 4. The molecule has 29 heavy (non-hydrogen) atoms. The molecule has 3 fully saturated rings. The number of likely N-dealkylation sites (tertiary alicyclic amines) is 3.